The van der Waals surface area contributed by atoms with Gasteiger partial charge in [-0.15, -0.1) is 0 Å². The fourth-order valence-corrected chi connectivity index (χ4v) is 4.29. The minimum atomic E-state index is -3.63. The smallest absolute Gasteiger partial charge is 0.260 e. The van der Waals surface area contributed by atoms with Crippen molar-refractivity contribution in [2.24, 2.45) is 7.05 Å². The number of carbonyl (C=O) groups excluding carboxylic acids is 1. The summed E-state index contributed by atoms with van der Waals surface area (Å²) in [6, 6.07) is 5.42. The molecule has 1 aromatic carbocycles. The van der Waals surface area contributed by atoms with E-state index in [0.717, 1.165) is 0 Å². The van der Waals surface area contributed by atoms with Crippen LogP contribution in [0.5, 0.6) is 5.75 Å². The number of aromatic nitrogens is 2. The van der Waals surface area contributed by atoms with Crippen molar-refractivity contribution >= 4 is 15.9 Å². The van der Waals surface area contributed by atoms with Gasteiger partial charge in [-0.1, -0.05) is 0 Å². The number of sulfonamides is 1. The summed E-state index contributed by atoms with van der Waals surface area (Å²) in [6.07, 6.45) is 3.31. The lowest BCUT2D eigenvalue weighted by Gasteiger charge is -2.21. The second kappa shape index (κ2) is 8.05. The summed E-state index contributed by atoms with van der Waals surface area (Å²) in [6.45, 7) is 1.09. The third-order valence-corrected chi connectivity index (χ3v) is 6.15. The maximum atomic E-state index is 12.9. The molecule has 0 saturated carbocycles. The monoisotopic (exact) mass is 396 g/mol. The van der Waals surface area contributed by atoms with E-state index in [2.05, 4.69) is 5.10 Å². The Labute approximate surface area is 157 Å². The van der Waals surface area contributed by atoms with Crippen LogP contribution < -0.4 is 4.74 Å². The van der Waals surface area contributed by atoms with Crippen LogP contribution in [0, 0.1) is 5.82 Å². The van der Waals surface area contributed by atoms with Gasteiger partial charge >= 0.3 is 0 Å². The average Bonchev–Trinajstić information content (AvgIpc) is 2.93. The Balaban J connectivity index is 1.57. The van der Waals surface area contributed by atoms with E-state index in [0.29, 0.717) is 25.3 Å². The SMILES string of the molecule is Cn1cc(S(=O)(=O)N2CCCN(C(=O)COc3ccc(F)cc3)CC2)cn1. The number of benzene rings is 1. The topological polar surface area (TPSA) is 84.7 Å². The van der Waals surface area contributed by atoms with Gasteiger partial charge in [-0.2, -0.15) is 9.40 Å². The molecule has 1 amide bonds. The number of amides is 1. The second-order valence-electron chi connectivity index (χ2n) is 6.23. The molecule has 0 atom stereocenters. The summed E-state index contributed by atoms with van der Waals surface area (Å²) < 4.78 is 46.4. The zero-order valence-corrected chi connectivity index (χ0v) is 15.7. The van der Waals surface area contributed by atoms with Gasteiger partial charge in [-0.25, -0.2) is 12.8 Å². The van der Waals surface area contributed by atoms with E-state index >= 15 is 0 Å². The van der Waals surface area contributed by atoms with Crippen molar-refractivity contribution in [2.75, 3.05) is 32.8 Å². The molecule has 0 aliphatic carbocycles. The molecule has 1 fully saturated rings. The predicted octanol–water partition coefficient (Wildman–Crippen LogP) is 0.861. The quantitative estimate of drug-likeness (QED) is 0.749. The molecule has 2 heterocycles. The van der Waals surface area contributed by atoms with Crippen LogP contribution >= 0.6 is 0 Å². The zero-order valence-electron chi connectivity index (χ0n) is 14.9. The van der Waals surface area contributed by atoms with Gasteiger partial charge in [0.05, 0.1) is 6.20 Å². The van der Waals surface area contributed by atoms with E-state index in [4.69, 9.17) is 4.74 Å². The third-order valence-electron chi connectivity index (χ3n) is 4.30. The van der Waals surface area contributed by atoms with Gasteiger partial charge in [0.15, 0.2) is 6.61 Å². The van der Waals surface area contributed by atoms with E-state index in [-0.39, 0.29) is 36.3 Å². The van der Waals surface area contributed by atoms with Gasteiger partial charge in [-0.05, 0) is 30.7 Å². The molecule has 0 unspecified atom stereocenters. The third kappa shape index (κ3) is 4.64. The molecule has 10 heteroatoms. The molecule has 27 heavy (non-hydrogen) atoms. The van der Waals surface area contributed by atoms with Gasteiger partial charge in [0.25, 0.3) is 5.91 Å². The number of carbonyl (C=O) groups is 1. The van der Waals surface area contributed by atoms with E-state index < -0.39 is 10.0 Å². The maximum absolute atomic E-state index is 12.9. The van der Waals surface area contributed by atoms with Crippen LogP contribution in [0.15, 0.2) is 41.6 Å². The fourth-order valence-electron chi connectivity index (χ4n) is 2.83. The Morgan fingerprint density at radius 1 is 1.19 bits per heavy atom. The van der Waals surface area contributed by atoms with E-state index in [1.54, 1.807) is 11.9 Å². The lowest BCUT2D eigenvalue weighted by molar-refractivity contribution is -0.133. The van der Waals surface area contributed by atoms with Crippen molar-refractivity contribution in [3.05, 3.63) is 42.5 Å². The van der Waals surface area contributed by atoms with Crippen LogP contribution in [0.3, 0.4) is 0 Å². The van der Waals surface area contributed by atoms with Crippen LogP contribution in [0.25, 0.3) is 0 Å². The van der Waals surface area contributed by atoms with E-state index in [1.807, 2.05) is 0 Å². The summed E-state index contributed by atoms with van der Waals surface area (Å²) in [5, 5.41) is 3.91. The summed E-state index contributed by atoms with van der Waals surface area (Å²) in [4.78, 5) is 14.1. The molecule has 8 nitrogen and oxygen atoms in total. The van der Waals surface area contributed by atoms with Gasteiger partial charge < -0.3 is 9.64 Å². The summed E-state index contributed by atoms with van der Waals surface area (Å²) in [5.74, 6) is -0.212. The normalized spacial score (nSPS) is 16.1. The number of hydrogen-bond donors (Lipinski definition) is 0. The van der Waals surface area contributed by atoms with Crippen molar-refractivity contribution < 1.29 is 22.3 Å². The zero-order chi connectivity index (χ0) is 19.4. The second-order valence-corrected chi connectivity index (χ2v) is 8.17. The minimum absolute atomic E-state index is 0.143. The Hall–Kier alpha value is -2.46. The summed E-state index contributed by atoms with van der Waals surface area (Å²) >= 11 is 0. The van der Waals surface area contributed by atoms with Gasteiger partial charge in [-0.3, -0.25) is 9.48 Å². The summed E-state index contributed by atoms with van der Waals surface area (Å²) in [7, 11) is -1.97. The van der Waals surface area contributed by atoms with Gasteiger partial charge in [0.1, 0.15) is 16.5 Å². The molecule has 1 aliphatic rings. The number of aryl methyl sites for hydroxylation is 1. The lowest BCUT2D eigenvalue weighted by atomic mass is 10.3. The Kier molecular flexibility index (Phi) is 5.76. The Morgan fingerprint density at radius 3 is 2.59 bits per heavy atom. The molecule has 3 rings (SSSR count). The van der Waals surface area contributed by atoms with Crippen LogP contribution in [-0.4, -0.2) is 66.1 Å². The molecule has 1 aromatic heterocycles. The minimum Gasteiger partial charge on any atom is -0.484 e. The van der Waals surface area contributed by atoms with E-state index in [1.165, 1.54) is 45.6 Å². The Morgan fingerprint density at radius 2 is 1.93 bits per heavy atom. The first-order valence-electron chi connectivity index (χ1n) is 8.51. The largest absolute Gasteiger partial charge is 0.484 e. The van der Waals surface area contributed by atoms with Crippen LogP contribution in [0.1, 0.15) is 6.42 Å². The molecule has 1 saturated heterocycles. The lowest BCUT2D eigenvalue weighted by Crippen LogP contribution is -2.39. The van der Waals surface area contributed by atoms with Crippen molar-refractivity contribution in [3.63, 3.8) is 0 Å². The van der Waals surface area contributed by atoms with Crippen LogP contribution in [0.4, 0.5) is 4.39 Å². The summed E-state index contributed by atoms with van der Waals surface area (Å²) in [5.41, 5.74) is 0. The number of ether oxygens (including phenoxy) is 1. The molecular weight excluding hydrogens is 375 g/mol. The predicted molar refractivity (Wildman–Crippen MR) is 95.1 cm³/mol. The molecule has 0 radical (unpaired) electrons. The molecule has 0 N–H and O–H groups in total. The highest BCUT2D eigenvalue weighted by atomic mass is 32.2. The maximum Gasteiger partial charge on any atom is 0.260 e. The standard InChI is InChI=1S/C17H21FN4O4S/c1-20-12-16(11-19-20)27(24,25)22-8-2-7-21(9-10-22)17(23)13-26-15-5-3-14(18)4-6-15/h3-6,11-12H,2,7-10,13H2,1H3. The first-order valence-corrected chi connectivity index (χ1v) is 9.95. The van der Waals surface area contributed by atoms with Crippen LogP contribution in [-0.2, 0) is 21.9 Å². The molecule has 1 aliphatic heterocycles. The number of rotatable bonds is 5. The molecular formula is C17H21FN4O4S. The highest BCUT2D eigenvalue weighted by molar-refractivity contribution is 7.89. The first kappa shape index (κ1) is 19.3. The highest BCUT2D eigenvalue weighted by Crippen LogP contribution is 2.17. The molecule has 2 aromatic rings. The molecule has 0 spiro atoms. The molecule has 0 bridgehead atoms. The van der Waals surface area contributed by atoms with E-state index in [9.17, 15) is 17.6 Å². The number of hydrogen-bond acceptors (Lipinski definition) is 5. The molecule has 146 valence electrons. The van der Waals surface area contributed by atoms with Crippen molar-refractivity contribution in [2.45, 2.75) is 11.3 Å². The number of halogens is 1. The van der Waals surface area contributed by atoms with Gasteiger partial charge in [0.2, 0.25) is 10.0 Å². The highest BCUT2D eigenvalue weighted by Gasteiger charge is 2.29. The average molecular weight is 396 g/mol. The Bertz CT molecular complexity index is 898. The van der Waals surface area contributed by atoms with Crippen molar-refractivity contribution in [1.29, 1.82) is 0 Å². The van der Waals surface area contributed by atoms with Crippen LogP contribution in [0.2, 0.25) is 0 Å². The first-order chi connectivity index (χ1) is 12.9. The fraction of sp³-hybridized carbons (Fsp3) is 0.412. The van der Waals surface area contributed by atoms with Crippen molar-refractivity contribution in [3.8, 4) is 5.75 Å². The number of nitrogens with zero attached hydrogens (tertiary/aromatic N) is 4. The van der Waals surface area contributed by atoms with Crippen molar-refractivity contribution in [1.82, 2.24) is 19.0 Å². The van der Waals surface area contributed by atoms with Gasteiger partial charge in [0, 0.05) is 39.4 Å².